The molecule has 2 heterocycles. The number of hydrogen-bond donors (Lipinski definition) is 1. The molecule has 7 nitrogen and oxygen atoms in total. The predicted octanol–water partition coefficient (Wildman–Crippen LogP) is 2.47. The normalized spacial score (nSPS) is 11.0. The van der Waals surface area contributed by atoms with Crippen molar-refractivity contribution in [1.29, 1.82) is 0 Å². The average molecular weight is 366 g/mol. The van der Waals surface area contributed by atoms with E-state index in [4.69, 9.17) is 23.2 Å². The van der Waals surface area contributed by atoms with Gasteiger partial charge in [0.05, 0.1) is 23.2 Å². The number of benzene rings is 1. The van der Waals surface area contributed by atoms with Crippen LogP contribution in [-0.4, -0.2) is 25.2 Å². The first kappa shape index (κ1) is 16.5. The van der Waals surface area contributed by atoms with Crippen LogP contribution in [0.5, 0.6) is 0 Å². The zero-order valence-electron chi connectivity index (χ0n) is 12.7. The number of amides is 1. The zero-order chi connectivity index (χ0) is 17.3. The Hall–Kier alpha value is -2.38. The van der Waals surface area contributed by atoms with E-state index in [2.05, 4.69) is 15.4 Å². The first-order valence-corrected chi connectivity index (χ1v) is 7.83. The van der Waals surface area contributed by atoms with Crippen LogP contribution in [0.2, 0.25) is 10.0 Å². The fourth-order valence-electron chi connectivity index (χ4n) is 2.25. The lowest BCUT2D eigenvalue weighted by molar-refractivity contribution is -0.116. The zero-order valence-corrected chi connectivity index (χ0v) is 14.2. The molecule has 0 unspecified atom stereocenters. The van der Waals surface area contributed by atoms with Crippen molar-refractivity contribution in [3.05, 3.63) is 51.1 Å². The lowest BCUT2D eigenvalue weighted by Gasteiger charge is -2.08. The monoisotopic (exact) mass is 365 g/mol. The molecule has 0 aliphatic heterocycles. The molecule has 0 radical (unpaired) electrons. The fraction of sp³-hybridized carbons (Fsp3) is 0.200. The van der Waals surface area contributed by atoms with Gasteiger partial charge in [-0.15, -0.1) is 0 Å². The minimum absolute atomic E-state index is 0.103. The van der Waals surface area contributed by atoms with Crippen LogP contribution >= 0.6 is 23.2 Å². The summed E-state index contributed by atoms with van der Waals surface area (Å²) in [5, 5.41) is 7.95. The van der Waals surface area contributed by atoms with Crippen molar-refractivity contribution in [2.75, 3.05) is 5.32 Å². The number of rotatable bonds is 4. The van der Waals surface area contributed by atoms with Gasteiger partial charge in [-0.25, -0.2) is 4.98 Å². The number of aryl methyl sites for hydroxylation is 2. The van der Waals surface area contributed by atoms with E-state index in [0.29, 0.717) is 26.8 Å². The number of carbonyl (C=O) groups is 1. The standard InChI is InChI=1S/C15H13Cl2N5O2/c1-21-14-10(7-19-21)15(24)22(8-18-14)5-4-13(23)20-12-3-2-9(16)6-11(12)17/h2-3,6-8H,4-5H2,1H3,(H,20,23). The Kier molecular flexibility index (Phi) is 4.55. The summed E-state index contributed by atoms with van der Waals surface area (Å²) in [5.74, 6) is -0.266. The van der Waals surface area contributed by atoms with Crippen molar-refractivity contribution in [3.63, 3.8) is 0 Å². The molecular formula is C15H13Cl2N5O2. The van der Waals surface area contributed by atoms with Crippen LogP contribution < -0.4 is 10.9 Å². The van der Waals surface area contributed by atoms with Crippen LogP contribution in [0.15, 0.2) is 35.5 Å². The molecule has 1 aromatic carbocycles. The van der Waals surface area contributed by atoms with Crippen LogP contribution in [0.1, 0.15) is 6.42 Å². The number of hydrogen-bond acceptors (Lipinski definition) is 4. The van der Waals surface area contributed by atoms with Gasteiger partial charge in [-0.05, 0) is 18.2 Å². The molecule has 24 heavy (non-hydrogen) atoms. The summed E-state index contributed by atoms with van der Waals surface area (Å²) in [6.45, 7) is 0.202. The first-order valence-electron chi connectivity index (χ1n) is 7.08. The predicted molar refractivity (Wildman–Crippen MR) is 92.5 cm³/mol. The number of nitrogens with zero attached hydrogens (tertiary/aromatic N) is 4. The highest BCUT2D eigenvalue weighted by molar-refractivity contribution is 6.36. The third-order valence-electron chi connectivity index (χ3n) is 3.50. The molecule has 0 aliphatic carbocycles. The Morgan fingerprint density at radius 3 is 2.88 bits per heavy atom. The van der Waals surface area contributed by atoms with Crippen molar-refractivity contribution < 1.29 is 4.79 Å². The Morgan fingerprint density at radius 1 is 1.33 bits per heavy atom. The summed E-state index contributed by atoms with van der Waals surface area (Å²) >= 11 is 11.8. The number of aromatic nitrogens is 4. The summed E-state index contributed by atoms with van der Waals surface area (Å²) < 4.78 is 2.91. The second-order valence-electron chi connectivity index (χ2n) is 5.17. The van der Waals surface area contributed by atoms with E-state index in [0.717, 1.165) is 0 Å². The van der Waals surface area contributed by atoms with Crippen LogP contribution in [-0.2, 0) is 18.4 Å². The van der Waals surface area contributed by atoms with E-state index in [1.807, 2.05) is 0 Å². The van der Waals surface area contributed by atoms with E-state index >= 15 is 0 Å². The number of nitrogens with one attached hydrogen (secondary N) is 1. The highest BCUT2D eigenvalue weighted by atomic mass is 35.5. The fourth-order valence-corrected chi connectivity index (χ4v) is 2.71. The summed E-state index contributed by atoms with van der Waals surface area (Å²) in [6, 6.07) is 4.80. The molecule has 9 heteroatoms. The van der Waals surface area contributed by atoms with Gasteiger partial charge in [0.2, 0.25) is 5.91 Å². The van der Waals surface area contributed by atoms with Gasteiger partial charge in [0.25, 0.3) is 5.56 Å². The number of anilines is 1. The summed E-state index contributed by atoms with van der Waals surface area (Å²) in [6.07, 6.45) is 2.98. The summed E-state index contributed by atoms with van der Waals surface area (Å²) in [4.78, 5) is 28.5. The van der Waals surface area contributed by atoms with Gasteiger partial charge in [0.15, 0.2) is 5.65 Å². The van der Waals surface area contributed by atoms with Crippen LogP contribution in [0, 0.1) is 0 Å². The summed E-state index contributed by atoms with van der Waals surface area (Å²) in [7, 11) is 1.71. The molecule has 0 fully saturated rings. The van der Waals surface area contributed by atoms with E-state index in [9.17, 15) is 9.59 Å². The topological polar surface area (TPSA) is 81.8 Å². The average Bonchev–Trinajstić information content (AvgIpc) is 2.92. The third kappa shape index (κ3) is 3.27. The van der Waals surface area contributed by atoms with E-state index < -0.39 is 0 Å². The maximum absolute atomic E-state index is 12.3. The lowest BCUT2D eigenvalue weighted by atomic mass is 10.3. The van der Waals surface area contributed by atoms with Crippen molar-refractivity contribution in [2.24, 2.45) is 7.05 Å². The molecule has 1 amide bonds. The minimum atomic E-state index is -0.266. The molecule has 3 rings (SSSR count). The maximum Gasteiger partial charge on any atom is 0.264 e. The highest BCUT2D eigenvalue weighted by Gasteiger charge is 2.10. The lowest BCUT2D eigenvalue weighted by Crippen LogP contribution is -2.23. The first-order chi connectivity index (χ1) is 11.5. The van der Waals surface area contributed by atoms with Crippen LogP contribution in [0.3, 0.4) is 0 Å². The SMILES string of the molecule is Cn1ncc2c(=O)n(CCC(=O)Nc3ccc(Cl)cc3Cl)cnc21. The number of halogens is 2. The van der Waals surface area contributed by atoms with E-state index in [1.54, 1.807) is 25.2 Å². The van der Waals surface area contributed by atoms with Crippen LogP contribution in [0.4, 0.5) is 5.69 Å². The van der Waals surface area contributed by atoms with Gasteiger partial charge in [0.1, 0.15) is 5.39 Å². The van der Waals surface area contributed by atoms with Gasteiger partial charge in [0, 0.05) is 25.0 Å². The van der Waals surface area contributed by atoms with Crippen molar-refractivity contribution in [1.82, 2.24) is 19.3 Å². The molecule has 0 spiro atoms. The van der Waals surface area contributed by atoms with Crippen molar-refractivity contribution in [3.8, 4) is 0 Å². The Labute approximate surface area is 146 Å². The Balaban J connectivity index is 1.70. The second kappa shape index (κ2) is 6.62. The molecule has 2 aromatic heterocycles. The van der Waals surface area contributed by atoms with Gasteiger partial charge < -0.3 is 5.32 Å². The van der Waals surface area contributed by atoms with Crippen molar-refractivity contribution in [2.45, 2.75) is 13.0 Å². The van der Waals surface area contributed by atoms with E-state index in [-0.39, 0.29) is 24.4 Å². The molecule has 0 aliphatic rings. The van der Waals surface area contributed by atoms with Gasteiger partial charge >= 0.3 is 0 Å². The largest absolute Gasteiger partial charge is 0.325 e. The molecule has 1 N–H and O–H groups in total. The molecular weight excluding hydrogens is 353 g/mol. The van der Waals surface area contributed by atoms with Crippen LogP contribution in [0.25, 0.3) is 11.0 Å². The Bertz CT molecular complexity index is 980. The molecule has 0 saturated heterocycles. The number of fused-ring (bicyclic) bond motifs is 1. The van der Waals surface area contributed by atoms with Crippen molar-refractivity contribution >= 4 is 45.8 Å². The highest BCUT2D eigenvalue weighted by Crippen LogP contribution is 2.25. The molecule has 0 saturated carbocycles. The summed E-state index contributed by atoms with van der Waals surface area (Å²) in [5.41, 5.74) is 0.748. The smallest absolute Gasteiger partial charge is 0.264 e. The maximum atomic E-state index is 12.3. The molecule has 0 atom stereocenters. The van der Waals surface area contributed by atoms with Gasteiger partial charge in [-0.1, -0.05) is 23.2 Å². The Morgan fingerprint density at radius 2 is 2.12 bits per heavy atom. The quantitative estimate of drug-likeness (QED) is 0.769. The molecule has 3 aromatic rings. The minimum Gasteiger partial charge on any atom is -0.325 e. The van der Waals surface area contributed by atoms with Gasteiger partial charge in [-0.3, -0.25) is 18.8 Å². The third-order valence-corrected chi connectivity index (χ3v) is 4.05. The van der Waals surface area contributed by atoms with E-state index in [1.165, 1.54) is 21.8 Å². The second-order valence-corrected chi connectivity index (χ2v) is 6.01. The number of carbonyl (C=O) groups excluding carboxylic acids is 1. The molecule has 0 bridgehead atoms. The van der Waals surface area contributed by atoms with Gasteiger partial charge in [-0.2, -0.15) is 5.10 Å². The molecule has 124 valence electrons.